The maximum Gasteiger partial charge on any atom is 0.251 e. The van der Waals surface area contributed by atoms with E-state index in [4.69, 9.17) is 14.2 Å². The molecule has 0 spiro atoms. The quantitative estimate of drug-likeness (QED) is 0.438. The Kier molecular flexibility index (Phi) is 5.93. The van der Waals surface area contributed by atoms with Crippen molar-refractivity contribution in [2.24, 2.45) is 0 Å². The summed E-state index contributed by atoms with van der Waals surface area (Å²) in [5.74, 6) is 2.20. The summed E-state index contributed by atoms with van der Waals surface area (Å²) in [5.41, 5.74) is 1.97. The average Bonchev–Trinajstić information content (AvgIpc) is 3.25. The van der Waals surface area contributed by atoms with Gasteiger partial charge in [-0.15, -0.1) is 15.3 Å². The van der Waals surface area contributed by atoms with Crippen LogP contribution in [0, 0.1) is 0 Å². The van der Waals surface area contributed by atoms with Gasteiger partial charge in [0.05, 0.1) is 20.8 Å². The van der Waals surface area contributed by atoms with E-state index in [9.17, 15) is 4.79 Å². The van der Waals surface area contributed by atoms with Gasteiger partial charge in [0.1, 0.15) is 18.1 Å². The molecular weight excluding hydrogens is 398 g/mol. The molecule has 9 nitrogen and oxygen atoms in total. The van der Waals surface area contributed by atoms with Crippen LogP contribution in [0.1, 0.15) is 10.4 Å². The molecule has 4 rings (SSSR count). The fourth-order valence-corrected chi connectivity index (χ4v) is 2.96. The van der Waals surface area contributed by atoms with Crippen molar-refractivity contribution in [2.75, 3.05) is 27.4 Å². The third kappa shape index (κ3) is 4.55. The molecule has 0 aliphatic carbocycles. The van der Waals surface area contributed by atoms with Gasteiger partial charge in [0, 0.05) is 17.2 Å². The molecule has 0 bridgehead atoms. The third-order valence-electron chi connectivity index (χ3n) is 4.56. The van der Waals surface area contributed by atoms with Crippen LogP contribution < -0.4 is 19.5 Å². The fourth-order valence-electron chi connectivity index (χ4n) is 2.96. The minimum absolute atomic E-state index is 0.186. The topological polar surface area (TPSA) is 99.9 Å². The molecular formula is C22H21N5O4. The van der Waals surface area contributed by atoms with E-state index in [-0.39, 0.29) is 12.5 Å². The number of benzene rings is 2. The number of hydrogen-bond acceptors (Lipinski definition) is 7. The van der Waals surface area contributed by atoms with Crippen LogP contribution in [-0.4, -0.2) is 53.1 Å². The second-order valence-corrected chi connectivity index (χ2v) is 6.53. The molecule has 0 radical (unpaired) electrons. The third-order valence-corrected chi connectivity index (χ3v) is 4.56. The number of aromatic nitrogens is 4. The number of carbonyl (C=O) groups excluding carboxylic acids is 1. The number of ether oxygens (including phenoxy) is 3. The Morgan fingerprint density at radius 1 is 0.968 bits per heavy atom. The fraction of sp³-hybridized carbons (Fsp3) is 0.182. The van der Waals surface area contributed by atoms with Gasteiger partial charge in [0.15, 0.2) is 11.5 Å². The number of methoxy groups -OCH3 is 2. The average molecular weight is 419 g/mol. The van der Waals surface area contributed by atoms with Gasteiger partial charge in [0.25, 0.3) is 5.91 Å². The van der Waals surface area contributed by atoms with Crippen LogP contribution in [0.3, 0.4) is 0 Å². The number of rotatable bonds is 8. The number of nitrogens with one attached hydrogen (secondary N) is 1. The van der Waals surface area contributed by atoms with E-state index in [2.05, 4.69) is 20.6 Å². The molecule has 2 aromatic carbocycles. The Morgan fingerprint density at radius 3 is 2.55 bits per heavy atom. The van der Waals surface area contributed by atoms with Gasteiger partial charge < -0.3 is 19.5 Å². The molecule has 9 heteroatoms. The lowest BCUT2D eigenvalue weighted by Crippen LogP contribution is -2.28. The van der Waals surface area contributed by atoms with Crippen LogP contribution in [0.15, 0.2) is 60.7 Å². The zero-order valence-electron chi connectivity index (χ0n) is 17.1. The highest BCUT2D eigenvalue weighted by molar-refractivity contribution is 5.94. The lowest BCUT2D eigenvalue weighted by atomic mass is 10.2. The first kappa shape index (κ1) is 20.1. The Hall–Kier alpha value is -4.14. The van der Waals surface area contributed by atoms with E-state index in [1.165, 1.54) is 0 Å². The van der Waals surface area contributed by atoms with Gasteiger partial charge >= 0.3 is 0 Å². The summed E-state index contributed by atoms with van der Waals surface area (Å²) in [4.78, 5) is 12.2. The molecule has 1 amide bonds. The predicted molar refractivity (Wildman–Crippen MR) is 114 cm³/mol. The normalized spacial score (nSPS) is 10.6. The van der Waals surface area contributed by atoms with Gasteiger partial charge in [0.2, 0.25) is 5.88 Å². The minimum atomic E-state index is -0.186. The smallest absolute Gasteiger partial charge is 0.251 e. The predicted octanol–water partition coefficient (Wildman–Crippen LogP) is 2.62. The van der Waals surface area contributed by atoms with Crippen molar-refractivity contribution in [1.82, 2.24) is 25.1 Å². The second-order valence-electron chi connectivity index (χ2n) is 6.53. The highest BCUT2D eigenvalue weighted by atomic mass is 16.5. The first-order chi connectivity index (χ1) is 15.2. The number of carbonyl (C=O) groups is 1. The molecule has 31 heavy (non-hydrogen) atoms. The summed E-state index contributed by atoms with van der Waals surface area (Å²) in [6, 6.07) is 17.9. The van der Waals surface area contributed by atoms with E-state index in [0.29, 0.717) is 41.0 Å². The summed E-state index contributed by atoms with van der Waals surface area (Å²) < 4.78 is 17.7. The van der Waals surface area contributed by atoms with Crippen LogP contribution in [0.25, 0.3) is 17.0 Å². The number of nitrogens with zero attached hydrogens (tertiary/aromatic N) is 4. The van der Waals surface area contributed by atoms with Crippen molar-refractivity contribution in [3.63, 3.8) is 0 Å². The summed E-state index contributed by atoms with van der Waals surface area (Å²) >= 11 is 0. The van der Waals surface area contributed by atoms with E-state index in [1.54, 1.807) is 55.1 Å². The Morgan fingerprint density at radius 2 is 1.77 bits per heavy atom. The molecule has 0 atom stereocenters. The van der Waals surface area contributed by atoms with Gasteiger partial charge in [-0.1, -0.05) is 12.1 Å². The zero-order valence-corrected chi connectivity index (χ0v) is 17.1. The van der Waals surface area contributed by atoms with Crippen LogP contribution in [0.4, 0.5) is 0 Å². The number of hydrogen-bond donors (Lipinski definition) is 1. The maximum atomic E-state index is 12.2. The minimum Gasteiger partial charge on any atom is -0.497 e. The van der Waals surface area contributed by atoms with Crippen molar-refractivity contribution in [2.45, 2.75) is 0 Å². The highest BCUT2D eigenvalue weighted by Crippen LogP contribution is 2.23. The lowest BCUT2D eigenvalue weighted by Gasteiger charge is -2.08. The molecule has 1 N–H and O–H groups in total. The standard InChI is InChI=1S/C22H21N5O4/c1-29-17-8-6-15(7-9-17)22(28)23-12-13-31-20-11-10-19-24-25-21(27(19)26-20)16-4-3-5-18(14-16)30-2/h3-11,14H,12-13H2,1-2H3,(H,23,28). The van der Waals surface area contributed by atoms with Crippen molar-refractivity contribution in [3.8, 4) is 28.8 Å². The maximum absolute atomic E-state index is 12.2. The second kappa shape index (κ2) is 9.12. The van der Waals surface area contributed by atoms with Crippen LogP contribution in [-0.2, 0) is 0 Å². The molecule has 0 unspecified atom stereocenters. The first-order valence-electron chi connectivity index (χ1n) is 9.60. The molecule has 0 fully saturated rings. The van der Waals surface area contributed by atoms with Gasteiger partial charge in [-0.2, -0.15) is 4.52 Å². The molecule has 0 saturated heterocycles. The van der Waals surface area contributed by atoms with Crippen molar-refractivity contribution < 1.29 is 19.0 Å². The Bertz CT molecular complexity index is 1190. The summed E-state index contributed by atoms with van der Waals surface area (Å²) in [6.07, 6.45) is 0. The molecule has 0 aliphatic rings. The van der Waals surface area contributed by atoms with E-state index in [0.717, 1.165) is 5.56 Å². The SMILES string of the molecule is COc1ccc(C(=O)NCCOc2ccc3nnc(-c4cccc(OC)c4)n3n2)cc1. The molecule has 4 aromatic rings. The van der Waals surface area contributed by atoms with Crippen LogP contribution in [0.2, 0.25) is 0 Å². The summed E-state index contributed by atoms with van der Waals surface area (Å²) in [5, 5.41) is 15.6. The molecule has 2 heterocycles. The molecule has 2 aromatic heterocycles. The lowest BCUT2D eigenvalue weighted by molar-refractivity contribution is 0.0946. The van der Waals surface area contributed by atoms with E-state index >= 15 is 0 Å². The Labute approximate surface area is 178 Å². The largest absolute Gasteiger partial charge is 0.497 e. The Balaban J connectivity index is 1.39. The van der Waals surface area contributed by atoms with Gasteiger partial charge in [-0.25, -0.2) is 0 Å². The first-order valence-corrected chi connectivity index (χ1v) is 9.60. The van der Waals surface area contributed by atoms with E-state index in [1.807, 2.05) is 24.3 Å². The van der Waals surface area contributed by atoms with Gasteiger partial charge in [-0.3, -0.25) is 4.79 Å². The van der Waals surface area contributed by atoms with Crippen LogP contribution >= 0.6 is 0 Å². The van der Waals surface area contributed by atoms with Crippen molar-refractivity contribution >= 4 is 11.6 Å². The monoisotopic (exact) mass is 419 g/mol. The molecule has 0 aliphatic heterocycles. The van der Waals surface area contributed by atoms with Crippen molar-refractivity contribution in [3.05, 3.63) is 66.2 Å². The van der Waals surface area contributed by atoms with Crippen LogP contribution in [0.5, 0.6) is 17.4 Å². The molecule has 0 saturated carbocycles. The van der Waals surface area contributed by atoms with E-state index < -0.39 is 0 Å². The number of fused-ring (bicyclic) bond motifs is 1. The van der Waals surface area contributed by atoms with Gasteiger partial charge in [-0.05, 0) is 42.5 Å². The summed E-state index contributed by atoms with van der Waals surface area (Å²) in [7, 11) is 3.19. The summed E-state index contributed by atoms with van der Waals surface area (Å²) in [6.45, 7) is 0.590. The highest BCUT2D eigenvalue weighted by Gasteiger charge is 2.11. The molecule has 158 valence electrons. The zero-order chi connectivity index (χ0) is 21.6. The number of amides is 1. The van der Waals surface area contributed by atoms with Crippen molar-refractivity contribution in [1.29, 1.82) is 0 Å².